The van der Waals surface area contributed by atoms with Crippen LogP contribution in [-0.2, 0) is 14.3 Å². The second kappa shape index (κ2) is 5.26. The van der Waals surface area contributed by atoms with E-state index in [1.807, 2.05) is 6.92 Å². The van der Waals surface area contributed by atoms with E-state index < -0.39 is 11.4 Å². The van der Waals surface area contributed by atoms with Gasteiger partial charge in [0.25, 0.3) is 0 Å². The highest BCUT2D eigenvalue weighted by Crippen LogP contribution is 2.30. The van der Waals surface area contributed by atoms with Crippen molar-refractivity contribution in [3.8, 4) is 0 Å². The van der Waals surface area contributed by atoms with Crippen LogP contribution in [0, 0.1) is 11.3 Å². The highest BCUT2D eigenvalue weighted by Gasteiger charge is 2.38. The van der Waals surface area contributed by atoms with Crippen molar-refractivity contribution in [2.75, 3.05) is 13.2 Å². The van der Waals surface area contributed by atoms with Crippen LogP contribution in [0.3, 0.4) is 0 Å². The molecule has 1 aliphatic heterocycles. The lowest BCUT2D eigenvalue weighted by Gasteiger charge is -2.33. The van der Waals surface area contributed by atoms with Crippen molar-refractivity contribution in [3.05, 3.63) is 0 Å². The van der Waals surface area contributed by atoms with Gasteiger partial charge in [-0.15, -0.1) is 0 Å². The molecule has 0 aromatic carbocycles. The minimum absolute atomic E-state index is 0.0114. The average Bonchev–Trinajstić information content (AvgIpc) is 2.78. The van der Waals surface area contributed by atoms with Crippen molar-refractivity contribution in [2.24, 2.45) is 11.3 Å². The zero-order valence-corrected chi connectivity index (χ0v) is 10.8. The Hall–Kier alpha value is -1.10. The van der Waals surface area contributed by atoms with E-state index in [9.17, 15) is 9.59 Å². The second-order valence-corrected chi connectivity index (χ2v) is 5.74. The maximum atomic E-state index is 12.2. The van der Waals surface area contributed by atoms with Crippen LogP contribution in [0.5, 0.6) is 0 Å². The molecule has 1 unspecified atom stereocenters. The summed E-state index contributed by atoms with van der Waals surface area (Å²) in [5.41, 5.74) is -0.445. The maximum absolute atomic E-state index is 12.2. The third kappa shape index (κ3) is 2.83. The van der Waals surface area contributed by atoms with Crippen molar-refractivity contribution in [1.29, 1.82) is 0 Å². The number of hydrogen-bond donors (Lipinski definition) is 2. The molecule has 1 heterocycles. The van der Waals surface area contributed by atoms with E-state index in [4.69, 9.17) is 9.84 Å². The lowest BCUT2D eigenvalue weighted by molar-refractivity contribution is -0.142. The van der Waals surface area contributed by atoms with Crippen molar-refractivity contribution in [3.63, 3.8) is 0 Å². The number of amides is 1. The number of nitrogens with one attached hydrogen (secondary N) is 1. The Kier molecular flexibility index (Phi) is 3.90. The Bertz CT molecular complexity index is 336. The molecule has 2 fully saturated rings. The third-order valence-corrected chi connectivity index (χ3v) is 4.10. The molecule has 2 aliphatic rings. The fourth-order valence-corrected chi connectivity index (χ4v) is 2.81. The standard InChI is InChI=1S/C13H21NO4/c1-13(5-2-6-18-8-13)12(17)14-10-4-3-9(7-10)11(15)16/h9-10H,2-8H2,1H3,(H,14,17)(H,15,16)/t9-,10+,13?/m1/s1. The summed E-state index contributed by atoms with van der Waals surface area (Å²) in [6, 6.07) is 0.0114. The first-order chi connectivity index (χ1) is 8.51. The summed E-state index contributed by atoms with van der Waals surface area (Å²) >= 11 is 0. The Morgan fingerprint density at radius 3 is 2.72 bits per heavy atom. The predicted octanol–water partition coefficient (Wildman–Crippen LogP) is 1.17. The van der Waals surface area contributed by atoms with Gasteiger partial charge in [0.05, 0.1) is 17.9 Å². The Labute approximate surface area is 107 Å². The Balaban J connectivity index is 1.86. The number of hydrogen-bond acceptors (Lipinski definition) is 3. The second-order valence-electron chi connectivity index (χ2n) is 5.74. The number of carbonyl (C=O) groups excluding carboxylic acids is 1. The molecule has 0 radical (unpaired) electrons. The van der Waals surface area contributed by atoms with Crippen molar-refractivity contribution in [2.45, 2.75) is 45.1 Å². The van der Waals surface area contributed by atoms with Crippen LogP contribution in [0.25, 0.3) is 0 Å². The van der Waals surface area contributed by atoms with Gasteiger partial charge in [-0.3, -0.25) is 9.59 Å². The van der Waals surface area contributed by atoms with Crippen molar-refractivity contribution >= 4 is 11.9 Å². The normalized spacial score (nSPS) is 36.3. The molecule has 102 valence electrons. The van der Waals surface area contributed by atoms with Gasteiger partial charge < -0.3 is 15.2 Å². The molecule has 1 amide bonds. The maximum Gasteiger partial charge on any atom is 0.306 e. The first kappa shape index (κ1) is 13.3. The van der Waals surface area contributed by atoms with Gasteiger partial charge in [-0.05, 0) is 39.0 Å². The number of aliphatic carboxylic acids is 1. The Morgan fingerprint density at radius 2 is 2.17 bits per heavy atom. The van der Waals surface area contributed by atoms with E-state index >= 15 is 0 Å². The molecule has 18 heavy (non-hydrogen) atoms. The molecule has 0 aromatic rings. The van der Waals surface area contributed by atoms with Crippen LogP contribution < -0.4 is 5.32 Å². The highest BCUT2D eigenvalue weighted by molar-refractivity contribution is 5.83. The third-order valence-electron chi connectivity index (χ3n) is 4.10. The molecule has 2 rings (SSSR count). The highest BCUT2D eigenvalue weighted by atomic mass is 16.5. The molecule has 5 nitrogen and oxygen atoms in total. The number of ether oxygens (including phenoxy) is 1. The van der Waals surface area contributed by atoms with E-state index in [-0.39, 0.29) is 17.9 Å². The van der Waals surface area contributed by atoms with Gasteiger partial charge in [0.2, 0.25) is 5.91 Å². The van der Waals surface area contributed by atoms with Gasteiger partial charge in [-0.2, -0.15) is 0 Å². The van der Waals surface area contributed by atoms with E-state index in [1.54, 1.807) is 0 Å². The molecule has 5 heteroatoms. The molecular weight excluding hydrogens is 234 g/mol. The number of carboxylic acid groups (broad SMARTS) is 1. The van der Waals surface area contributed by atoms with Gasteiger partial charge in [0.1, 0.15) is 0 Å². The fraction of sp³-hybridized carbons (Fsp3) is 0.846. The van der Waals surface area contributed by atoms with Crippen LogP contribution in [-0.4, -0.2) is 36.2 Å². The van der Waals surface area contributed by atoms with Crippen LogP contribution in [0.2, 0.25) is 0 Å². The molecule has 1 saturated heterocycles. The largest absolute Gasteiger partial charge is 0.481 e. The summed E-state index contributed by atoms with van der Waals surface area (Å²) in [6.45, 7) is 3.12. The molecule has 0 aromatic heterocycles. The fourth-order valence-electron chi connectivity index (χ4n) is 2.81. The molecule has 1 saturated carbocycles. The summed E-state index contributed by atoms with van der Waals surface area (Å²) in [4.78, 5) is 23.1. The van der Waals surface area contributed by atoms with Crippen LogP contribution in [0.4, 0.5) is 0 Å². The Morgan fingerprint density at radius 1 is 1.39 bits per heavy atom. The lowest BCUT2D eigenvalue weighted by Crippen LogP contribution is -2.47. The summed E-state index contributed by atoms with van der Waals surface area (Å²) in [5.74, 6) is -1.04. The van der Waals surface area contributed by atoms with E-state index in [0.29, 0.717) is 19.4 Å². The summed E-state index contributed by atoms with van der Waals surface area (Å²) in [6.07, 6.45) is 3.73. The SMILES string of the molecule is CC1(C(=O)N[C@H]2CC[C@@H](C(=O)O)C2)CCCOC1. The lowest BCUT2D eigenvalue weighted by atomic mass is 9.83. The predicted molar refractivity (Wildman–Crippen MR) is 65.1 cm³/mol. The molecule has 0 spiro atoms. The molecule has 0 bridgehead atoms. The van der Waals surface area contributed by atoms with Crippen LogP contribution >= 0.6 is 0 Å². The van der Waals surface area contributed by atoms with E-state index in [2.05, 4.69) is 5.32 Å². The molecule has 1 aliphatic carbocycles. The zero-order valence-electron chi connectivity index (χ0n) is 10.8. The molecule has 3 atom stereocenters. The first-order valence-corrected chi connectivity index (χ1v) is 6.63. The van der Waals surface area contributed by atoms with Gasteiger partial charge >= 0.3 is 5.97 Å². The monoisotopic (exact) mass is 255 g/mol. The summed E-state index contributed by atoms with van der Waals surface area (Å²) < 4.78 is 5.38. The van der Waals surface area contributed by atoms with Gasteiger partial charge in [-0.1, -0.05) is 0 Å². The minimum atomic E-state index is -0.751. The van der Waals surface area contributed by atoms with Gasteiger partial charge in [-0.25, -0.2) is 0 Å². The van der Waals surface area contributed by atoms with Gasteiger partial charge in [0.15, 0.2) is 0 Å². The van der Waals surface area contributed by atoms with Gasteiger partial charge in [0, 0.05) is 12.6 Å². The molecular formula is C13H21NO4. The van der Waals surface area contributed by atoms with E-state index in [1.165, 1.54) is 0 Å². The topological polar surface area (TPSA) is 75.6 Å². The average molecular weight is 255 g/mol. The van der Waals surface area contributed by atoms with Crippen LogP contribution in [0.1, 0.15) is 39.0 Å². The number of carbonyl (C=O) groups is 2. The number of carboxylic acids is 1. The summed E-state index contributed by atoms with van der Waals surface area (Å²) in [7, 11) is 0. The van der Waals surface area contributed by atoms with E-state index in [0.717, 1.165) is 25.9 Å². The summed E-state index contributed by atoms with van der Waals surface area (Å²) in [5, 5.41) is 11.9. The minimum Gasteiger partial charge on any atom is -0.481 e. The zero-order chi connectivity index (χ0) is 13.2. The van der Waals surface area contributed by atoms with Crippen molar-refractivity contribution in [1.82, 2.24) is 5.32 Å². The first-order valence-electron chi connectivity index (χ1n) is 6.63. The van der Waals surface area contributed by atoms with Crippen LogP contribution in [0.15, 0.2) is 0 Å². The van der Waals surface area contributed by atoms with Crippen molar-refractivity contribution < 1.29 is 19.4 Å². The number of rotatable bonds is 3. The quantitative estimate of drug-likeness (QED) is 0.794. The molecule has 2 N–H and O–H groups in total. The smallest absolute Gasteiger partial charge is 0.306 e.